The topological polar surface area (TPSA) is 52.6 Å². The molecule has 0 amide bonds. The number of benzene rings is 6. The van der Waals surface area contributed by atoms with Crippen LogP contribution in [0, 0.1) is 13.8 Å². The third-order valence-corrected chi connectivity index (χ3v) is 12.5. The quantitative estimate of drug-likeness (QED) is 0.129. The monoisotopic (exact) mass is 846 g/mol. The summed E-state index contributed by atoms with van der Waals surface area (Å²) in [7, 11) is 0. The smallest absolute Gasteiger partial charge is 0.204 e. The molecule has 284 valence electrons. The van der Waals surface area contributed by atoms with Crippen molar-refractivity contribution in [1.29, 1.82) is 0 Å². The molecule has 2 aliphatic heterocycles. The Morgan fingerprint density at radius 1 is 0.439 bits per heavy atom. The lowest BCUT2D eigenvalue weighted by molar-refractivity contribution is 0.0750. The molecular formula is C48H34Cl4O4S. The van der Waals surface area contributed by atoms with E-state index in [-0.39, 0.29) is 11.6 Å². The third kappa shape index (κ3) is 8.18. The minimum atomic E-state index is -0.942. The molecule has 0 fully saturated rings. The van der Waals surface area contributed by atoms with Gasteiger partial charge in [0.15, 0.2) is 12.2 Å². The Bertz CT molecular complexity index is 2330. The number of carbonyl (C=O) groups is 2. The van der Waals surface area contributed by atoms with Crippen LogP contribution in [-0.2, 0) is 9.47 Å². The van der Waals surface area contributed by atoms with Crippen molar-refractivity contribution in [3.63, 3.8) is 0 Å². The maximum absolute atomic E-state index is 14.7. The molecule has 4 atom stereocenters. The van der Waals surface area contributed by atoms with Gasteiger partial charge in [0.25, 0.3) is 0 Å². The molecule has 0 saturated carbocycles. The molecule has 9 heteroatoms. The van der Waals surface area contributed by atoms with E-state index in [1.54, 1.807) is 24.3 Å². The van der Waals surface area contributed by atoms with Crippen LogP contribution in [0.2, 0.25) is 20.1 Å². The number of ketones is 2. The summed E-state index contributed by atoms with van der Waals surface area (Å²) in [6.07, 6.45) is -1.88. The van der Waals surface area contributed by atoms with Gasteiger partial charge in [0.1, 0.15) is 11.5 Å². The van der Waals surface area contributed by atoms with Crippen LogP contribution in [0.3, 0.4) is 0 Å². The van der Waals surface area contributed by atoms with E-state index in [0.29, 0.717) is 42.7 Å². The van der Waals surface area contributed by atoms with Crippen LogP contribution in [-0.4, -0.2) is 23.8 Å². The van der Waals surface area contributed by atoms with Crippen LogP contribution >= 0.6 is 58.2 Å². The standard InChI is InChI=1S/C48H34Cl4O4S/c1-27-3-7-31(8-4-27)41(53)45-39(29-11-19-35(49)20-12-29)47(43(55-45)33-15-23-37(51)24-16-33)57-48-40(30-13-21-36(50)22-14-30)46(42(54)32-9-5-28(2)6-10-32)56-44(48)34-17-25-38(52)26-18-34/h3-26,39-40,45-46H,1-2H3/t39-,40-,45+,46+/m1/s1. The van der Waals surface area contributed by atoms with Crippen molar-refractivity contribution in [2.45, 2.75) is 37.9 Å². The molecular weight excluding hydrogens is 814 g/mol. The predicted molar refractivity (Wildman–Crippen MR) is 233 cm³/mol. The first-order valence-corrected chi connectivity index (χ1v) is 20.6. The summed E-state index contributed by atoms with van der Waals surface area (Å²) in [5.74, 6) is -0.463. The molecule has 0 radical (unpaired) electrons. The summed E-state index contributed by atoms with van der Waals surface area (Å²) in [4.78, 5) is 30.9. The van der Waals surface area contributed by atoms with Gasteiger partial charge in [-0.3, -0.25) is 9.59 Å². The van der Waals surface area contributed by atoms with Crippen molar-refractivity contribution < 1.29 is 19.1 Å². The zero-order valence-corrected chi connectivity index (χ0v) is 34.6. The highest BCUT2D eigenvalue weighted by molar-refractivity contribution is 8.07. The minimum absolute atomic E-state index is 0.173. The molecule has 6 aromatic carbocycles. The molecule has 0 aromatic heterocycles. The Kier molecular flexibility index (Phi) is 11.4. The van der Waals surface area contributed by atoms with E-state index < -0.39 is 24.0 Å². The average molecular weight is 849 g/mol. The predicted octanol–water partition coefficient (Wildman–Crippen LogP) is 13.8. The normalized spacial score (nSPS) is 19.1. The Morgan fingerprint density at radius 2 is 0.737 bits per heavy atom. The number of aryl methyl sites for hydroxylation is 2. The van der Waals surface area contributed by atoms with Crippen LogP contribution in [0.15, 0.2) is 155 Å². The van der Waals surface area contributed by atoms with Gasteiger partial charge in [-0.1, -0.05) is 142 Å². The fraction of sp³-hybridized carbons (Fsp3) is 0.125. The number of carbonyl (C=O) groups excluding carboxylic acids is 2. The Labute approximate surface area is 356 Å². The average Bonchev–Trinajstić information content (AvgIpc) is 3.78. The SMILES string of the molecule is Cc1ccc(C(=O)[C@H]2OC(c3ccc(Cl)cc3)=C(SC3=C(c4ccc(Cl)cc4)O[C@H](C(=O)c4ccc(C)cc4)[C@H]3c3ccc(Cl)cc3)[C@@H]2c2ccc(Cl)cc2)cc1. The fourth-order valence-electron chi connectivity index (χ4n) is 7.19. The first-order chi connectivity index (χ1) is 27.5. The van der Waals surface area contributed by atoms with Gasteiger partial charge in [0.2, 0.25) is 11.6 Å². The Hall–Kier alpha value is -4.75. The van der Waals surface area contributed by atoms with Crippen molar-refractivity contribution in [3.8, 4) is 0 Å². The summed E-state index contributed by atoms with van der Waals surface area (Å²) >= 11 is 27.1. The highest BCUT2D eigenvalue weighted by Crippen LogP contribution is 2.58. The summed E-state index contributed by atoms with van der Waals surface area (Å²) in [5.41, 5.74) is 6.27. The van der Waals surface area contributed by atoms with E-state index in [1.807, 2.05) is 135 Å². The lowest BCUT2D eigenvalue weighted by atomic mass is 9.88. The number of hydrogen-bond donors (Lipinski definition) is 0. The van der Waals surface area contributed by atoms with Crippen LogP contribution in [0.5, 0.6) is 0 Å². The van der Waals surface area contributed by atoms with E-state index in [2.05, 4.69) is 0 Å². The zero-order valence-electron chi connectivity index (χ0n) is 30.7. The van der Waals surface area contributed by atoms with Crippen LogP contribution in [0.4, 0.5) is 0 Å². The summed E-state index contributed by atoms with van der Waals surface area (Å²) in [6, 6.07) is 44.7. The molecule has 0 bridgehead atoms. The highest BCUT2D eigenvalue weighted by atomic mass is 35.5. The van der Waals surface area contributed by atoms with Crippen molar-refractivity contribution in [2.75, 3.05) is 0 Å². The minimum Gasteiger partial charge on any atom is -0.480 e. The van der Waals surface area contributed by atoms with Gasteiger partial charge < -0.3 is 9.47 Å². The number of thioether (sulfide) groups is 1. The molecule has 0 N–H and O–H groups in total. The van der Waals surface area contributed by atoms with Crippen molar-refractivity contribution >= 4 is 81.3 Å². The molecule has 8 rings (SSSR count). The van der Waals surface area contributed by atoms with Gasteiger partial charge >= 0.3 is 0 Å². The molecule has 0 unspecified atom stereocenters. The second-order valence-corrected chi connectivity index (χ2v) is 16.9. The number of ether oxygens (including phenoxy) is 2. The van der Waals surface area contributed by atoms with Gasteiger partial charge in [-0.15, -0.1) is 0 Å². The zero-order chi connectivity index (χ0) is 39.8. The van der Waals surface area contributed by atoms with Gasteiger partial charge in [0.05, 0.1) is 11.8 Å². The molecule has 2 heterocycles. The van der Waals surface area contributed by atoms with Gasteiger partial charge in [-0.25, -0.2) is 0 Å². The lowest BCUT2D eigenvalue weighted by Gasteiger charge is -2.23. The Morgan fingerprint density at radius 3 is 1.05 bits per heavy atom. The van der Waals surface area contributed by atoms with Crippen LogP contribution < -0.4 is 0 Å². The van der Waals surface area contributed by atoms with E-state index in [4.69, 9.17) is 55.9 Å². The molecule has 0 spiro atoms. The molecule has 4 nitrogen and oxygen atoms in total. The number of rotatable bonds is 10. The van der Waals surface area contributed by atoms with Gasteiger partial charge in [0, 0.05) is 52.2 Å². The second kappa shape index (κ2) is 16.6. The van der Waals surface area contributed by atoms with E-state index >= 15 is 0 Å². The number of halogens is 4. The van der Waals surface area contributed by atoms with Crippen LogP contribution in [0.25, 0.3) is 11.5 Å². The fourth-order valence-corrected chi connectivity index (χ4v) is 9.22. The highest BCUT2D eigenvalue weighted by Gasteiger charge is 2.48. The van der Waals surface area contributed by atoms with E-state index in [0.717, 1.165) is 43.2 Å². The first-order valence-electron chi connectivity index (χ1n) is 18.3. The lowest BCUT2D eigenvalue weighted by Crippen LogP contribution is -2.28. The second-order valence-electron chi connectivity index (χ2n) is 14.1. The van der Waals surface area contributed by atoms with Crippen LogP contribution in [0.1, 0.15) is 65.9 Å². The van der Waals surface area contributed by atoms with E-state index in [9.17, 15) is 9.59 Å². The van der Waals surface area contributed by atoms with Gasteiger partial charge in [-0.05, 0) is 97.8 Å². The number of Topliss-reactive ketones (excluding diaryl/α,β-unsaturated/α-hetero) is 2. The Balaban J connectivity index is 1.35. The van der Waals surface area contributed by atoms with E-state index in [1.165, 1.54) is 11.8 Å². The largest absolute Gasteiger partial charge is 0.480 e. The molecule has 2 aliphatic rings. The molecule has 57 heavy (non-hydrogen) atoms. The summed E-state index contributed by atoms with van der Waals surface area (Å²) in [5, 5.41) is 2.25. The maximum atomic E-state index is 14.7. The maximum Gasteiger partial charge on any atom is 0.204 e. The van der Waals surface area contributed by atoms with Crippen molar-refractivity contribution in [2.24, 2.45) is 0 Å². The molecule has 0 saturated heterocycles. The molecule has 6 aromatic rings. The first kappa shape index (κ1) is 39.1. The van der Waals surface area contributed by atoms with Crippen molar-refractivity contribution in [1.82, 2.24) is 0 Å². The van der Waals surface area contributed by atoms with Gasteiger partial charge in [-0.2, -0.15) is 0 Å². The van der Waals surface area contributed by atoms with Crippen molar-refractivity contribution in [3.05, 3.63) is 220 Å². The summed E-state index contributed by atoms with van der Waals surface area (Å²) in [6.45, 7) is 3.96. The number of hydrogen-bond acceptors (Lipinski definition) is 5. The third-order valence-electron chi connectivity index (χ3n) is 10.2. The summed E-state index contributed by atoms with van der Waals surface area (Å²) < 4.78 is 13.8. The molecule has 0 aliphatic carbocycles.